The Morgan fingerprint density at radius 3 is 2.35 bits per heavy atom. The Morgan fingerprint density at radius 1 is 1.00 bits per heavy atom. The summed E-state index contributed by atoms with van der Waals surface area (Å²) in [5, 5.41) is 9.18. The fourth-order valence-corrected chi connectivity index (χ4v) is 6.05. The number of amides is 1. The molecule has 7 nitrogen and oxygen atoms in total. The molecule has 0 atom stereocenters. The maximum absolute atomic E-state index is 12.8. The van der Waals surface area contributed by atoms with E-state index >= 15 is 0 Å². The quantitative estimate of drug-likeness (QED) is 0.217. The van der Waals surface area contributed by atoms with Crippen molar-refractivity contribution in [2.24, 2.45) is 5.92 Å². The van der Waals surface area contributed by atoms with E-state index in [1.165, 1.54) is 18.4 Å². The van der Waals surface area contributed by atoms with Crippen LogP contribution >= 0.6 is 0 Å². The number of ether oxygens (including phenoxy) is 2. The maximum atomic E-state index is 12.8. The highest BCUT2D eigenvalue weighted by atomic mass is 16.6. The Kier molecular flexibility index (Phi) is 7.98. The molecule has 2 heterocycles. The minimum atomic E-state index is -0.511. The van der Waals surface area contributed by atoms with Gasteiger partial charge in [0.2, 0.25) is 0 Å². The number of carbonyl (C=O) groups is 1. The van der Waals surface area contributed by atoms with Gasteiger partial charge in [-0.1, -0.05) is 48.5 Å². The monoisotopic (exact) mass is 576 g/mol. The van der Waals surface area contributed by atoms with Crippen LogP contribution < -0.4 is 0 Å². The zero-order chi connectivity index (χ0) is 30.0. The predicted octanol–water partition coefficient (Wildman–Crippen LogP) is 7.47. The highest BCUT2D eigenvalue weighted by Crippen LogP contribution is 2.37. The molecule has 1 aliphatic heterocycles. The first-order valence-corrected chi connectivity index (χ1v) is 15.3. The Balaban J connectivity index is 1.21. The Labute approximate surface area is 254 Å². The van der Waals surface area contributed by atoms with E-state index in [-0.39, 0.29) is 11.5 Å². The van der Waals surface area contributed by atoms with Crippen LogP contribution in [0.4, 0.5) is 4.79 Å². The average molecular weight is 577 g/mol. The van der Waals surface area contributed by atoms with Crippen LogP contribution in [0.5, 0.6) is 0 Å². The van der Waals surface area contributed by atoms with Gasteiger partial charge in [0.1, 0.15) is 18.0 Å². The van der Waals surface area contributed by atoms with Gasteiger partial charge < -0.3 is 18.9 Å². The second kappa shape index (κ2) is 11.9. The number of benzene rings is 3. The molecule has 1 saturated carbocycles. The molecule has 1 aliphatic carbocycles. The highest BCUT2D eigenvalue weighted by molar-refractivity contribution is 5.83. The van der Waals surface area contributed by atoms with Crippen molar-refractivity contribution in [2.75, 3.05) is 19.7 Å². The average Bonchev–Trinajstić information content (AvgIpc) is 3.77. The number of nitrogens with zero attached hydrogens (tertiary/aromatic N) is 4. The van der Waals surface area contributed by atoms with E-state index in [9.17, 15) is 10.1 Å². The number of aromatic nitrogens is 2. The molecule has 0 spiro atoms. The van der Waals surface area contributed by atoms with E-state index in [1.807, 2.05) is 56.0 Å². The smallest absolute Gasteiger partial charge is 0.410 e. The Bertz CT molecular complexity index is 1620. The van der Waals surface area contributed by atoms with Crippen molar-refractivity contribution in [2.45, 2.75) is 70.6 Å². The van der Waals surface area contributed by atoms with Gasteiger partial charge in [-0.05, 0) is 93.3 Å². The fraction of sp³-hybridized carbons (Fsp3) is 0.417. The number of piperidine rings is 1. The van der Waals surface area contributed by atoms with Crippen molar-refractivity contribution in [3.8, 4) is 17.2 Å². The van der Waals surface area contributed by atoms with Gasteiger partial charge in [-0.2, -0.15) is 5.26 Å². The number of hydrogen-bond donors (Lipinski definition) is 0. The molecule has 0 unspecified atom stereocenters. The molecule has 7 heteroatoms. The SMILES string of the molecule is CC(C)(C)OC(=O)N1CCC(COCc2nc3ccc(-c4ccc(C#N)cc4)cc3n2CC2CC2)(c2ccccc2)CC1. The lowest BCUT2D eigenvalue weighted by Gasteiger charge is -2.42. The second-order valence-electron chi connectivity index (χ2n) is 13.1. The Hall–Kier alpha value is -4.15. The lowest BCUT2D eigenvalue weighted by Crippen LogP contribution is -2.48. The summed E-state index contributed by atoms with van der Waals surface area (Å²) in [6.45, 7) is 8.90. The molecular weight excluding hydrogens is 536 g/mol. The summed E-state index contributed by atoms with van der Waals surface area (Å²) < 4.78 is 14.6. The van der Waals surface area contributed by atoms with Crippen LogP contribution in [-0.4, -0.2) is 45.8 Å². The number of rotatable bonds is 8. The number of carbonyl (C=O) groups excluding carboxylic acids is 1. The minimum Gasteiger partial charge on any atom is -0.444 e. The third-order valence-corrected chi connectivity index (χ3v) is 8.68. The van der Waals surface area contributed by atoms with Gasteiger partial charge in [-0.25, -0.2) is 9.78 Å². The topological polar surface area (TPSA) is 80.4 Å². The first kappa shape index (κ1) is 28.9. The number of fused-ring (bicyclic) bond motifs is 1. The summed E-state index contributed by atoms with van der Waals surface area (Å²) >= 11 is 0. The van der Waals surface area contributed by atoms with E-state index in [4.69, 9.17) is 14.5 Å². The van der Waals surface area contributed by atoms with Gasteiger partial charge in [0.25, 0.3) is 0 Å². The summed E-state index contributed by atoms with van der Waals surface area (Å²) in [5.74, 6) is 1.64. The van der Waals surface area contributed by atoms with Gasteiger partial charge in [0.05, 0.1) is 29.3 Å². The van der Waals surface area contributed by atoms with E-state index in [0.717, 1.165) is 47.4 Å². The zero-order valence-electron chi connectivity index (χ0n) is 25.4. The number of hydrogen-bond acceptors (Lipinski definition) is 5. The molecule has 222 valence electrons. The van der Waals surface area contributed by atoms with Crippen molar-refractivity contribution in [3.63, 3.8) is 0 Å². The normalized spacial score (nSPS) is 16.7. The van der Waals surface area contributed by atoms with Gasteiger partial charge in [-0.3, -0.25) is 0 Å². The van der Waals surface area contributed by atoms with E-state index < -0.39 is 5.60 Å². The van der Waals surface area contributed by atoms with Crippen LogP contribution in [0, 0.1) is 17.2 Å². The first-order chi connectivity index (χ1) is 20.7. The summed E-state index contributed by atoms with van der Waals surface area (Å²) in [7, 11) is 0. The van der Waals surface area contributed by atoms with Crippen molar-refractivity contribution >= 4 is 17.1 Å². The van der Waals surface area contributed by atoms with Crippen molar-refractivity contribution in [1.29, 1.82) is 5.26 Å². The molecule has 0 bridgehead atoms. The second-order valence-corrected chi connectivity index (χ2v) is 13.1. The number of imidazole rings is 1. The standard InChI is InChI=1S/C36H40N4O3/c1-35(2,3)43-34(41)39-19-17-36(18-20-39,30-7-5-4-6-8-30)25-42-24-33-38-31-16-15-29(28-13-11-26(22-37)12-14-28)21-32(31)40(33)23-27-9-10-27/h4-8,11-16,21,27H,9-10,17-20,23-25H2,1-3H3. The molecule has 1 amide bonds. The van der Waals surface area contributed by atoms with Crippen LogP contribution in [0.25, 0.3) is 22.2 Å². The third kappa shape index (κ3) is 6.60. The van der Waals surface area contributed by atoms with Gasteiger partial charge >= 0.3 is 6.09 Å². The maximum Gasteiger partial charge on any atom is 0.410 e. The van der Waals surface area contributed by atoms with Crippen LogP contribution in [0.2, 0.25) is 0 Å². The van der Waals surface area contributed by atoms with E-state index in [1.54, 1.807) is 0 Å². The first-order valence-electron chi connectivity index (χ1n) is 15.3. The van der Waals surface area contributed by atoms with Crippen molar-refractivity contribution in [1.82, 2.24) is 14.5 Å². The van der Waals surface area contributed by atoms with E-state index in [2.05, 4.69) is 53.1 Å². The summed E-state index contributed by atoms with van der Waals surface area (Å²) in [5.41, 5.74) is 5.50. The third-order valence-electron chi connectivity index (χ3n) is 8.68. The molecule has 6 rings (SSSR count). The molecule has 2 aliphatic rings. The van der Waals surface area contributed by atoms with Crippen LogP contribution in [-0.2, 0) is 28.0 Å². The highest BCUT2D eigenvalue weighted by Gasteiger charge is 2.39. The summed E-state index contributed by atoms with van der Waals surface area (Å²) in [4.78, 5) is 19.6. The molecular formula is C36H40N4O3. The fourth-order valence-electron chi connectivity index (χ4n) is 6.05. The molecule has 0 radical (unpaired) electrons. The number of likely N-dealkylation sites (tertiary alicyclic amines) is 1. The molecule has 1 saturated heterocycles. The van der Waals surface area contributed by atoms with Gasteiger partial charge in [-0.15, -0.1) is 0 Å². The zero-order valence-corrected chi connectivity index (χ0v) is 25.4. The van der Waals surface area contributed by atoms with Crippen molar-refractivity contribution < 1.29 is 14.3 Å². The van der Waals surface area contributed by atoms with Crippen molar-refractivity contribution in [3.05, 3.63) is 89.7 Å². The lowest BCUT2D eigenvalue weighted by molar-refractivity contribution is 0.00242. The molecule has 4 aromatic rings. The minimum absolute atomic E-state index is 0.185. The molecule has 43 heavy (non-hydrogen) atoms. The van der Waals surface area contributed by atoms with Gasteiger partial charge in [0.15, 0.2) is 0 Å². The Morgan fingerprint density at radius 2 is 1.70 bits per heavy atom. The van der Waals surface area contributed by atoms with Crippen LogP contribution in [0.15, 0.2) is 72.8 Å². The summed E-state index contributed by atoms with van der Waals surface area (Å²) in [6, 6.07) is 26.9. The largest absolute Gasteiger partial charge is 0.444 e. The van der Waals surface area contributed by atoms with Crippen LogP contribution in [0.1, 0.15) is 63.4 Å². The lowest BCUT2D eigenvalue weighted by atomic mass is 9.73. The molecule has 3 aromatic carbocycles. The number of nitriles is 1. The summed E-state index contributed by atoms with van der Waals surface area (Å²) in [6.07, 6.45) is 3.87. The predicted molar refractivity (Wildman–Crippen MR) is 167 cm³/mol. The molecule has 2 fully saturated rings. The van der Waals surface area contributed by atoms with E-state index in [0.29, 0.717) is 37.8 Å². The molecule has 1 aromatic heterocycles. The van der Waals surface area contributed by atoms with Gasteiger partial charge in [0, 0.05) is 25.0 Å². The van der Waals surface area contributed by atoms with Crippen LogP contribution in [0.3, 0.4) is 0 Å². The molecule has 0 N–H and O–H groups in total.